The molecule has 3 rings (SSSR count). The number of hydrogen-bond donors (Lipinski definition) is 1. The summed E-state index contributed by atoms with van der Waals surface area (Å²) in [7, 11) is 1.48. The summed E-state index contributed by atoms with van der Waals surface area (Å²) in [5, 5.41) is 0.255. The molecule has 0 aliphatic rings. The molecule has 7 heteroatoms. The number of ether oxygens (including phenoxy) is 1. The minimum absolute atomic E-state index is 0.137. The maximum absolute atomic E-state index is 13.4. The van der Waals surface area contributed by atoms with Crippen LogP contribution in [0.3, 0.4) is 0 Å². The van der Waals surface area contributed by atoms with Crippen molar-refractivity contribution >= 4 is 22.5 Å². The topological polar surface area (TPSA) is 57.2 Å². The van der Waals surface area contributed by atoms with Crippen LogP contribution < -0.4 is 10.5 Å². The smallest absolute Gasteiger partial charge is 0.431 e. The summed E-state index contributed by atoms with van der Waals surface area (Å²) in [5.41, 5.74) is 5.88. The minimum atomic E-state index is -4.68. The van der Waals surface area contributed by atoms with E-state index in [1.165, 1.54) is 37.4 Å². The third-order valence-corrected chi connectivity index (χ3v) is 3.96. The lowest BCUT2D eigenvalue weighted by Crippen LogP contribution is -2.20. The first kappa shape index (κ1) is 16.9. The van der Waals surface area contributed by atoms with Gasteiger partial charge in [-0.2, -0.15) is 13.2 Å². The van der Waals surface area contributed by atoms with Crippen molar-refractivity contribution in [1.82, 2.24) is 4.57 Å². The van der Waals surface area contributed by atoms with E-state index in [0.29, 0.717) is 21.6 Å². The molecule has 2 aromatic carbocycles. The van der Waals surface area contributed by atoms with Gasteiger partial charge >= 0.3 is 6.18 Å². The van der Waals surface area contributed by atoms with Crippen molar-refractivity contribution in [2.45, 2.75) is 13.1 Å². The van der Waals surface area contributed by atoms with Crippen molar-refractivity contribution in [3.05, 3.63) is 59.3 Å². The zero-order valence-electron chi connectivity index (χ0n) is 13.5. The van der Waals surface area contributed by atoms with Crippen molar-refractivity contribution in [1.29, 1.82) is 0 Å². The van der Waals surface area contributed by atoms with Crippen LogP contribution in [-0.4, -0.2) is 17.6 Å². The summed E-state index contributed by atoms with van der Waals surface area (Å²) in [6.45, 7) is 1.72. The summed E-state index contributed by atoms with van der Waals surface area (Å²) in [4.78, 5) is 12.8. The lowest BCUT2D eigenvalue weighted by molar-refractivity contribution is -0.142. The van der Waals surface area contributed by atoms with E-state index in [0.717, 1.165) is 6.07 Å². The summed E-state index contributed by atoms with van der Waals surface area (Å²) < 4.78 is 46.1. The number of benzene rings is 2. The predicted octanol–water partition coefficient (Wildman–Crippen LogP) is 4.25. The van der Waals surface area contributed by atoms with Crippen LogP contribution >= 0.6 is 0 Å². The highest BCUT2D eigenvalue weighted by molar-refractivity contribution is 6.03. The highest BCUT2D eigenvalue weighted by atomic mass is 19.4. The van der Waals surface area contributed by atoms with Crippen molar-refractivity contribution in [2.24, 2.45) is 0 Å². The molecule has 0 aliphatic carbocycles. The van der Waals surface area contributed by atoms with Crippen molar-refractivity contribution in [3.8, 4) is 5.75 Å². The van der Waals surface area contributed by atoms with Gasteiger partial charge in [0.2, 0.25) is 0 Å². The molecule has 2 N–H and O–H groups in total. The van der Waals surface area contributed by atoms with Gasteiger partial charge in [-0.25, -0.2) is 0 Å². The van der Waals surface area contributed by atoms with Crippen LogP contribution in [-0.2, 0) is 6.18 Å². The Bertz CT molecular complexity index is 974. The molecule has 25 heavy (non-hydrogen) atoms. The lowest BCUT2D eigenvalue weighted by Gasteiger charge is -2.13. The first-order valence-corrected chi connectivity index (χ1v) is 7.40. The molecular weight excluding hydrogens is 333 g/mol. The molecule has 0 aliphatic heterocycles. The zero-order chi connectivity index (χ0) is 18.4. The fourth-order valence-corrected chi connectivity index (χ4v) is 2.80. The molecule has 0 radical (unpaired) electrons. The molecule has 1 heterocycles. The van der Waals surface area contributed by atoms with E-state index in [2.05, 4.69) is 0 Å². The number of carbonyl (C=O) groups excluding carboxylic acids is 1. The number of alkyl halides is 3. The second kappa shape index (κ2) is 5.84. The fraction of sp³-hybridized carbons (Fsp3) is 0.167. The maximum atomic E-state index is 13.4. The quantitative estimate of drug-likeness (QED) is 0.705. The number of carbonyl (C=O) groups is 1. The Balaban J connectivity index is 2.23. The van der Waals surface area contributed by atoms with E-state index in [9.17, 15) is 18.0 Å². The lowest BCUT2D eigenvalue weighted by atomic mass is 10.1. The van der Waals surface area contributed by atoms with Crippen LogP contribution in [0.2, 0.25) is 0 Å². The molecule has 0 fully saturated rings. The van der Waals surface area contributed by atoms with Crippen LogP contribution in [0.25, 0.3) is 10.9 Å². The average Bonchev–Trinajstić information content (AvgIpc) is 2.92. The average molecular weight is 348 g/mol. The van der Waals surface area contributed by atoms with Gasteiger partial charge in [0, 0.05) is 16.6 Å². The molecule has 0 spiro atoms. The Hall–Kier alpha value is -2.96. The monoisotopic (exact) mass is 348 g/mol. The minimum Gasteiger partial charge on any atom is -0.496 e. The van der Waals surface area contributed by atoms with Gasteiger partial charge in [-0.1, -0.05) is 0 Å². The summed E-state index contributed by atoms with van der Waals surface area (Å²) in [5.74, 6) is -0.212. The van der Waals surface area contributed by atoms with Crippen molar-refractivity contribution in [2.75, 3.05) is 12.8 Å². The van der Waals surface area contributed by atoms with E-state index in [-0.39, 0.29) is 16.5 Å². The van der Waals surface area contributed by atoms with E-state index in [1.807, 2.05) is 0 Å². The number of fused-ring (bicyclic) bond motifs is 1. The number of rotatable bonds is 2. The molecular formula is C18H15F3N2O2. The van der Waals surface area contributed by atoms with Gasteiger partial charge in [0.1, 0.15) is 11.4 Å². The van der Waals surface area contributed by atoms with E-state index >= 15 is 0 Å². The number of hydrogen-bond acceptors (Lipinski definition) is 3. The number of nitrogen functional groups attached to an aromatic ring is 1. The van der Waals surface area contributed by atoms with Gasteiger partial charge in [0.25, 0.3) is 5.91 Å². The Labute approximate surface area is 141 Å². The molecule has 0 saturated heterocycles. The molecule has 0 unspecified atom stereocenters. The van der Waals surface area contributed by atoms with Crippen LogP contribution in [0.15, 0.2) is 42.5 Å². The summed E-state index contributed by atoms with van der Waals surface area (Å²) in [6.07, 6.45) is -4.68. The Morgan fingerprint density at radius 2 is 1.84 bits per heavy atom. The SMILES string of the molecule is COc1ccc(C(=O)n2c(C(F)(F)F)cc3cc(N)ccc32)cc1C. The standard InChI is InChI=1S/C18H15F3N2O2/c1-10-7-11(3-6-15(10)25-2)17(24)23-14-5-4-13(22)8-12(14)9-16(23)18(19,20)21/h3-9H,22H2,1-2H3. The number of nitrogens with zero attached hydrogens (tertiary/aromatic N) is 1. The molecule has 130 valence electrons. The largest absolute Gasteiger partial charge is 0.496 e. The van der Waals surface area contributed by atoms with E-state index in [4.69, 9.17) is 10.5 Å². The molecule has 3 aromatic rings. The van der Waals surface area contributed by atoms with E-state index in [1.54, 1.807) is 13.0 Å². The Kier molecular flexibility index (Phi) is 3.94. The number of nitrogens with two attached hydrogens (primary N) is 1. The molecule has 0 saturated carbocycles. The third kappa shape index (κ3) is 2.93. The first-order chi connectivity index (χ1) is 11.7. The Morgan fingerprint density at radius 1 is 1.12 bits per heavy atom. The van der Waals surface area contributed by atoms with Gasteiger partial charge in [-0.15, -0.1) is 0 Å². The highest BCUT2D eigenvalue weighted by Crippen LogP contribution is 2.35. The van der Waals surface area contributed by atoms with Gasteiger partial charge in [-0.05, 0) is 55.0 Å². The van der Waals surface area contributed by atoms with Crippen molar-refractivity contribution < 1.29 is 22.7 Å². The zero-order valence-corrected chi connectivity index (χ0v) is 13.5. The fourth-order valence-electron chi connectivity index (χ4n) is 2.80. The molecule has 0 bridgehead atoms. The normalized spacial score (nSPS) is 11.7. The van der Waals surface area contributed by atoms with Crippen molar-refractivity contribution in [3.63, 3.8) is 0 Å². The number of anilines is 1. The highest BCUT2D eigenvalue weighted by Gasteiger charge is 2.37. The third-order valence-electron chi connectivity index (χ3n) is 3.96. The van der Waals surface area contributed by atoms with Crippen LogP contribution in [0.4, 0.5) is 18.9 Å². The number of methoxy groups -OCH3 is 1. The first-order valence-electron chi connectivity index (χ1n) is 7.40. The van der Waals surface area contributed by atoms with Crippen LogP contribution in [0.1, 0.15) is 21.6 Å². The number of halogens is 3. The predicted molar refractivity (Wildman–Crippen MR) is 88.8 cm³/mol. The van der Waals surface area contributed by atoms with E-state index < -0.39 is 17.8 Å². The summed E-state index contributed by atoms with van der Waals surface area (Å²) >= 11 is 0. The second-order valence-corrected chi connectivity index (χ2v) is 5.67. The van der Waals surface area contributed by atoms with Crippen LogP contribution in [0.5, 0.6) is 5.75 Å². The maximum Gasteiger partial charge on any atom is 0.431 e. The summed E-state index contributed by atoms with van der Waals surface area (Å²) in [6, 6.07) is 9.72. The Morgan fingerprint density at radius 3 is 2.44 bits per heavy atom. The number of aryl methyl sites for hydroxylation is 1. The molecule has 1 aromatic heterocycles. The molecule has 0 amide bonds. The van der Waals surface area contributed by atoms with Gasteiger partial charge < -0.3 is 10.5 Å². The van der Waals surface area contributed by atoms with Crippen LogP contribution in [0, 0.1) is 6.92 Å². The molecule has 4 nitrogen and oxygen atoms in total. The van der Waals surface area contributed by atoms with Gasteiger partial charge in [0.15, 0.2) is 0 Å². The second-order valence-electron chi connectivity index (χ2n) is 5.67. The molecule has 0 atom stereocenters. The number of aromatic nitrogens is 1. The van der Waals surface area contributed by atoms with Gasteiger partial charge in [0.05, 0.1) is 12.6 Å². The van der Waals surface area contributed by atoms with Gasteiger partial charge in [-0.3, -0.25) is 9.36 Å².